The van der Waals surface area contributed by atoms with Crippen molar-refractivity contribution in [2.24, 2.45) is 12.0 Å². The van der Waals surface area contributed by atoms with Gasteiger partial charge in [-0.3, -0.25) is 9.59 Å². The fraction of sp³-hybridized carbons (Fsp3) is 0.278. The van der Waals surface area contributed by atoms with E-state index >= 15 is 0 Å². The Balaban J connectivity index is 1.75. The highest BCUT2D eigenvalue weighted by molar-refractivity contribution is 7.92. The molecule has 1 aromatic carbocycles. The van der Waals surface area contributed by atoms with Crippen molar-refractivity contribution in [1.82, 2.24) is 9.55 Å². The quantitative estimate of drug-likeness (QED) is 0.502. The number of thiazole rings is 2. The van der Waals surface area contributed by atoms with E-state index in [9.17, 15) is 22.8 Å². The van der Waals surface area contributed by atoms with Crippen LogP contribution in [0.3, 0.4) is 0 Å². The van der Waals surface area contributed by atoms with Crippen LogP contribution in [0, 0.1) is 0 Å². The lowest BCUT2D eigenvalue weighted by molar-refractivity contribution is -0.115. The van der Waals surface area contributed by atoms with Gasteiger partial charge < -0.3 is 14.6 Å². The summed E-state index contributed by atoms with van der Waals surface area (Å²) in [4.78, 5) is 44.0. The smallest absolute Gasteiger partial charge is 0.338 e. The fourth-order valence-corrected chi connectivity index (χ4v) is 5.23. The second-order valence-corrected chi connectivity index (χ2v) is 10.2. The average molecular weight is 483 g/mol. The van der Waals surface area contributed by atoms with Gasteiger partial charge in [-0.25, -0.2) is 18.2 Å². The standard InChI is InChI=1S/C18H18N4O6S3/c1-3-28-16(25)11-4-5-12-13(8-11)30-18(22(12)2)21-15(24)10-31(26,27)9-14(23)20-17-19-6-7-29-17/h4-8H,3,9-10H2,1-2H3,(H,19,20,23). The maximum Gasteiger partial charge on any atom is 0.338 e. The second-order valence-electron chi connectivity index (χ2n) is 6.27. The van der Waals surface area contributed by atoms with E-state index in [4.69, 9.17) is 4.74 Å². The Kier molecular flexibility index (Phi) is 6.97. The van der Waals surface area contributed by atoms with Gasteiger partial charge >= 0.3 is 5.97 Å². The first-order valence-corrected chi connectivity index (χ1v) is 12.4. The fourth-order valence-electron chi connectivity index (χ4n) is 2.60. The zero-order valence-electron chi connectivity index (χ0n) is 16.5. The Labute approximate surface area is 185 Å². The number of carbonyl (C=O) groups excluding carboxylic acids is 3. The maximum absolute atomic E-state index is 12.2. The minimum Gasteiger partial charge on any atom is -0.462 e. The Morgan fingerprint density at radius 2 is 2.03 bits per heavy atom. The summed E-state index contributed by atoms with van der Waals surface area (Å²) in [6.45, 7) is 1.96. The normalized spacial score (nSPS) is 12.1. The molecule has 1 N–H and O–H groups in total. The molecule has 0 aliphatic rings. The molecule has 0 fully saturated rings. The molecule has 3 aromatic rings. The van der Waals surface area contributed by atoms with Gasteiger partial charge in [-0.15, -0.1) is 11.3 Å². The summed E-state index contributed by atoms with van der Waals surface area (Å²) in [5.74, 6) is -3.88. The van der Waals surface area contributed by atoms with Gasteiger partial charge in [-0.2, -0.15) is 4.99 Å². The Morgan fingerprint density at radius 1 is 1.26 bits per heavy atom. The number of ether oxygens (including phenoxy) is 1. The van der Waals surface area contributed by atoms with E-state index in [2.05, 4.69) is 15.3 Å². The molecule has 0 bridgehead atoms. The number of hydrogen-bond acceptors (Lipinski definition) is 9. The van der Waals surface area contributed by atoms with Gasteiger partial charge in [-0.1, -0.05) is 11.3 Å². The third-order valence-electron chi connectivity index (χ3n) is 3.91. The van der Waals surface area contributed by atoms with Crippen molar-refractivity contribution in [3.8, 4) is 0 Å². The number of fused-ring (bicyclic) bond motifs is 1. The number of aromatic nitrogens is 2. The molecule has 0 radical (unpaired) electrons. The summed E-state index contributed by atoms with van der Waals surface area (Å²) in [6, 6.07) is 4.92. The van der Waals surface area contributed by atoms with Gasteiger partial charge in [0.15, 0.2) is 19.8 Å². The number of aryl methyl sites for hydroxylation is 1. The van der Waals surface area contributed by atoms with Crippen LogP contribution in [0.5, 0.6) is 0 Å². The molecule has 0 aliphatic carbocycles. The number of hydrogen-bond donors (Lipinski definition) is 1. The molecule has 0 spiro atoms. The average Bonchev–Trinajstić information content (AvgIpc) is 3.28. The molecule has 31 heavy (non-hydrogen) atoms. The first-order valence-electron chi connectivity index (χ1n) is 8.92. The number of nitrogens with zero attached hydrogens (tertiary/aromatic N) is 3. The number of nitrogens with one attached hydrogen (secondary N) is 1. The Bertz CT molecular complexity index is 1310. The molecule has 3 rings (SSSR count). The van der Waals surface area contributed by atoms with Gasteiger partial charge in [0.2, 0.25) is 5.91 Å². The summed E-state index contributed by atoms with van der Waals surface area (Å²) >= 11 is 2.28. The van der Waals surface area contributed by atoms with E-state index in [-0.39, 0.29) is 16.5 Å². The predicted octanol–water partition coefficient (Wildman–Crippen LogP) is 1.35. The number of rotatable bonds is 7. The number of amides is 2. The van der Waals surface area contributed by atoms with Gasteiger partial charge in [0.25, 0.3) is 5.91 Å². The summed E-state index contributed by atoms with van der Waals surface area (Å²) in [6.07, 6.45) is 1.47. The van der Waals surface area contributed by atoms with Crippen LogP contribution >= 0.6 is 22.7 Å². The van der Waals surface area contributed by atoms with Crippen molar-refractivity contribution < 1.29 is 27.5 Å². The Hall–Kier alpha value is -2.90. The molecule has 13 heteroatoms. The maximum atomic E-state index is 12.2. The molecular weight excluding hydrogens is 464 g/mol. The number of anilines is 1. The Morgan fingerprint density at radius 3 is 2.71 bits per heavy atom. The van der Waals surface area contributed by atoms with Crippen molar-refractivity contribution in [3.05, 3.63) is 40.1 Å². The predicted molar refractivity (Wildman–Crippen MR) is 117 cm³/mol. The summed E-state index contributed by atoms with van der Waals surface area (Å²) in [7, 11) is -2.34. The first-order chi connectivity index (χ1) is 14.7. The summed E-state index contributed by atoms with van der Waals surface area (Å²) in [5, 5.41) is 4.26. The van der Waals surface area contributed by atoms with Gasteiger partial charge in [0.1, 0.15) is 11.5 Å². The lowest BCUT2D eigenvalue weighted by Gasteiger charge is -2.02. The zero-order valence-corrected chi connectivity index (χ0v) is 19.0. The highest BCUT2D eigenvalue weighted by Crippen LogP contribution is 2.19. The van der Waals surface area contributed by atoms with Crippen LogP contribution < -0.4 is 10.1 Å². The van der Waals surface area contributed by atoms with E-state index in [1.807, 2.05) is 0 Å². The van der Waals surface area contributed by atoms with Crippen LogP contribution in [-0.2, 0) is 31.2 Å². The van der Waals surface area contributed by atoms with Crippen LogP contribution in [0.15, 0.2) is 34.8 Å². The van der Waals surface area contributed by atoms with E-state index in [1.54, 1.807) is 42.1 Å². The largest absolute Gasteiger partial charge is 0.462 e. The molecule has 0 atom stereocenters. The van der Waals surface area contributed by atoms with Crippen LogP contribution in [0.4, 0.5) is 5.13 Å². The van der Waals surface area contributed by atoms with E-state index < -0.39 is 39.1 Å². The lowest BCUT2D eigenvalue weighted by Crippen LogP contribution is -2.28. The van der Waals surface area contributed by atoms with Crippen molar-refractivity contribution >= 4 is 65.6 Å². The van der Waals surface area contributed by atoms with Crippen LogP contribution in [0.25, 0.3) is 10.2 Å². The first kappa shape index (κ1) is 22.8. The van der Waals surface area contributed by atoms with Crippen molar-refractivity contribution in [2.45, 2.75) is 6.92 Å². The highest BCUT2D eigenvalue weighted by atomic mass is 32.2. The van der Waals surface area contributed by atoms with E-state index in [0.29, 0.717) is 10.3 Å². The van der Waals surface area contributed by atoms with Gasteiger partial charge in [0.05, 0.1) is 22.4 Å². The molecule has 2 heterocycles. The van der Waals surface area contributed by atoms with Crippen LogP contribution in [0.2, 0.25) is 0 Å². The SMILES string of the molecule is CCOC(=O)c1ccc2c(c1)sc(=NC(=O)CS(=O)(=O)CC(=O)Nc1nccs1)n2C. The zero-order chi connectivity index (χ0) is 22.6. The van der Waals surface area contributed by atoms with Gasteiger partial charge in [-0.05, 0) is 25.1 Å². The molecule has 2 amide bonds. The highest BCUT2D eigenvalue weighted by Gasteiger charge is 2.21. The third kappa shape index (κ3) is 5.83. The lowest BCUT2D eigenvalue weighted by atomic mass is 10.2. The molecule has 2 aromatic heterocycles. The number of benzene rings is 1. The molecule has 10 nitrogen and oxygen atoms in total. The number of sulfone groups is 1. The summed E-state index contributed by atoms with van der Waals surface area (Å²) < 4.78 is 31.7. The molecular formula is C18H18N4O6S3. The van der Waals surface area contributed by atoms with Crippen LogP contribution in [-0.4, -0.2) is 53.9 Å². The number of esters is 1. The minimum atomic E-state index is -4.01. The topological polar surface area (TPSA) is 137 Å². The molecule has 0 saturated heterocycles. The van der Waals surface area contributed by atoms with Crippen molar-refractivity contribution in [1.29, 1.82) is 0 Å². The third-order valence-corrected chi connectivity index (χ3v) is 7.09. The minimum absolute atomic E-state index is 0.251. The second kappa shape index (κ2) is 9.49. The van der Waals surface area contributed by atoms with Crippen LogP contribution in [0.1, 0.15) is 17.3 Å². The molecule has 0 unspecified atom stereocenters. The van der Waals surface area contributed by atoms with E-state index in [0.717, 1.165) is 28.2 Å². The van der Waals surface area contributed by atoms with Gasteiger partial charge in [0, 0.05) is 18.6 Å². The van der Waals surface area contributed by atoms with Crippen molar-refractivity contribution in [2.75, 3.05) is 23.4 Å². The molecule has 0 aliphatic heterocycles. The number of carbonyl (C=O) groups is 3. The van der Waals surface area contributed by atoms with E-state index in [1.165, 1.54) is 6.20 Å². The molecule has 164 valence electrons. The summed E-state index contributed by atoms with van der Waals surface area (Å²) in [5.41, 5.74) is 1.08. The monoisotopic (exact) mass is 482 g/mol. The molecule has 0 saturated carbocycles. The van der Waals surface area contributed by atoms with Crippen molar-refractivity contribution in [3.63, 3.8) is 0 Å².